The molecule has 1 aliphatic rings. The number of halogens is 2. The van der Waals surface area contributed by atoms with Crippen molar-refractivity contribution in [1.29, 1.82) is 0 Å². The molecule has 0 unspecified atom stereocenters. The van der Waals surface area contributed by atoms with Crippen LogP contribution in [0.5, 0.6) is 0 Å². The molecule has 1 fully saturated rings. The summed E-state index contributed by atoms with van der Waals surface area (Å²) in [5, 5.41) is 0. The molecule has 0 aromatic heterocycles. The lowest BCUT2D eigenvalue weighted by Crippen LogP contribution is -2.45. The van der Waals surface area contributed by atoms with E-state index < -0.39 is 15.8 Å². The Morgan fingerprint density at radius 3 is 2.72 bits per heavy atom. The maximum atomic E-state index is 13.0. The quantitative estimate of drug-likeness (QED) is 0.896. The molecule has 2 rings (SSSR count). The van der Waals surface area contributed by atoms with Crippen LogP contribution in [0.4, 0.5) is 4.39 Å². The van der Waals surface area contributed by atoms with Crippen LogP contribution in [0.25, 0.3) is 0 Å². The van der Waals surface area contributed by atoms with Crippen LogP contribution < -0.4 is 5.73 Å². The van der Waals surface area contributed by atoms with Crippen molar-refractivity contribution in [3.8, 4) is 0 Å². The smallest absolute Gasteiger partial charge is 0.243 e. The molecular formula is C11H16ClFN2O2S. The van der Waals surface area contributed by atoms with Crippen LogP contribution in [0.15, 0.2) is 29.2 Å². The molecule has 4 nitrogen and oxygen atoms in total. The molecule has 18 heavy (non-hydrogen) atoms. The second-order valence-corrected chi connectivity index (χ2v) is 6.16. The van der Waals surface area contributed by atoms with Crippen molar-refractivity contribution in [2.75, 3.05) is 13.1 Å². The van der Waals surface area contributed by atoms with Gasteiger partial charge in [-0.05, 0) is 31.0 Å². The van der Waals surface area contributed by atoms with Crippen molar-refractivity contribution in [3.05, 3.63) is 30.1 Å². The standard InChI is InChI=1S/C11H15FN2O2S.ClH/c12-9-3-1-5-11(7-9)17(15,16)14-6-2-4-10(13)8-14;/h1,3,5,7,10H,2,4,6,8,13H2;1H/t10-;/m1./s1. The van der Waals surface area contributed by atoms with E-state index in [9.17, 15) is 12.8 Å². The lowest BCUT2D eigenvalue weighted by molar-refractivity contribution is 0.316. The fourth-order valence-corrected chi connectivity index (χ4v) is 3.54. The average Bonchev–Trinajstić information content (AvgIpc) is 2.29. The number of rotatable bonds is 2. The summed E-state index contributed by atoms with van der Waals surface area (Å²) in [5.41, 5.74) is 5.75. The highest BCUT2D eigenvalue weighted by Gasteiger charge is 2.28. The van der Waals surface area contributed by atoms with Crippen LogP contribution in [0.2, 0.25) is 0 Å². The molecule has 0 radical (unpaired) electrons. The van der Waals surface area contributed by atoms with Crippen LogP contribution in [-0.2, 0) is 10.0 Å². The van der Waals surface area contributed by atoms with Gasteiger partial charge in [0.05, 0.1) is 4.90 Å². The zero-order valence-electron chi connectivity index (χ0n) is 9.75. The summed E-state index contributed by atoms with van der Waals surface area (Å²) in [4.78, 5) is -0.00778. The van der Waals surface area contributed by atoms with Gasteiger partial charge in [-0.25, -0.2) is 12.8 Å². The molecule has 0 amide bonds. The highest BCUT2D eigenvalue weighted by atomic mass is 35.5. The number of nitrogens with two attached hydrogens (primary N) is 1. The Kier molecular flexibility index (Phi) is 5.10. The van der Waals surface area contributed by atoms with Crippen molar-refractivity contribution in [1.82, 2.24) is 4.31 Å². The van der Waals surface area contributed by atoms with Crippen molar-refractivity contribution in [2.24, 2.45) is 5.73 Å². The van der Waals surface area contributed by atoms with E-state index >= 15 is 0 Å². The molecule has 1 aliphatic heterocycles. The zero-order chi connectivity index (χ0) is 12.5. The summed E-state index contributed by atoms with van der Waals surface area (Å²) in [5.74, 6) is -0.549. The molecule has 0 spiro atoms. The first-order valence-electron chi connectivity index (χ1n) is 5.51. The lowest BCUT2D eigenvalue weighted by Gasteiger charge is -2.29. The molecule has 0 saturated carbocycles. The summed E-state index contributed by atoms with van der Waals surface area (Å²) in [6, 6.07) is 4.92. The first kappa shape index (κ1) is 15.4. The third-order valence-corrected chi connectivity index (χ3v) is 4.72. The number of hydrogen-bond donors (Lipinski definition) is 1. The minimum Gasteiger partial charge on any atom is -0.327 e. The number of benzene rings is 1. The first-order valence-corrected chi connectivity index (χ1v) is 6.95. The van der Waals surface area contributed by atoms with Gasteiger partial charge in [-0.1, -0.05) is 6.07 Å². The zero-order valence-corrected chi connectivity index (χ0v) is 11.4. The minimum absolute atomic E-state index is 0. The van der Waals surface area contributed by atoms with E-state index in [0.29, 0.717) is 13.1 Å². The third-order valence-electron chi connectivity index (χ3n) is 2.85. The molecule has 7 heteroatoms. The van der Waals surface area contributed by atoms with E-state index in [2.05, 4.69) is 0 Å². The summed E-state index contributed by atoms with van der Waals surface area (Å²) >= 11 is 0. The Balaban J connectivity index is 0.00000162. The number of sulfonamides is 1. The molecule has 1 heterocycles. The Morgan fingerprint density at radius 2 is 2.11 bits per heavy atom. The predicted octanol–water partition coefficient (Wildman–Crippen LogP) is 1.36. The number of hydrogen-bond acceptors (Lipinski definition) is 3. The van der Waals surface area contributed by atoms with Gasteiger partial charge < -0.3 is 5.73 Å². The lowest BCUT2D eigenvalue weighted by atomic mass is 10.1. The topological polar surface area (TPSA) is 63.4 Å². The van der Waals surface area contributed by atoms with Gasteiger partial charge in [-0.3, -0.25) is 0 Å². The molecule has 0 aliphatic carbocycles. The van der Waals surface area contributed by atoms with Crippen LogP contribution >= 0.6 is 12.4 Å². The summed E-state index contributed by atoms with van der Waals surface area (Å²) in [6.07, 6.45) is 1.57. The normalized spacial score (nSPS) is 21.3. The molecule has 1 atom stereocenters. The van der Waals surface area contributed by atoms with Crippen LogP contribution in [0.3, 0.4) is 0 Å². The average molecular weight is 295 g/mol. The molecule has 1 aromatic rings. The van der Waals surface area contributed by atoms with Crippen molar-refractivity contribution < 1.29 is 12.8 Å². The van der Waals surface area contributed by atoms with E-state index in [0.717, 1.165) is 18.9 Å². The van der Waals surface area contributed by atoms with Gasteiger partial charge in [-0.15, -0.1) is 12.4 Å². The van der Waals surface area contributed by atoms with Gasteiger partial charge in [0.1, 0.15) is 5.82 Å². The Hall–Kier alpha value is -0.690. The van der Waals surface area contributed by atoms with Gasteiger partial charge >= 0.3 is 0 Å². The van der Waals surface area contributed by atoms with Crippen molar-refractivity contribution in [3.63, 3.8) is 0 Å². The molecule has 2 N–H and O–H groups in total. The van der Waals surface area contributed by atoms with E-state index in [1.54, 1.807) is 0 Å². The first-order chi connectivity index (χ1) is 8.00. The largest absolute Gasteiger partial charge is 0.327 e. The minimum atomic E-state index is -3.60. The van der Waals surface area contributed by atoms with Crippen LogP contribution in [0.1, 0.15) is 12.8 Å². The summed E-state index contributed by atoms with van der Waals surface area (Å²) in [7, 11) is -3.60. The van der Waals surface area contributed by atoms with E-state index in [-0.39, 0.29) is 23.3 Å². The molecule has 102 valence electrons. The second kappa shape index (κ2) is 5.97. The molecular weight excluding hydrogens is 279 g/mol. The van der Waals surface area contributed by atoms with Gasteiger partial charge in [0, 0.05) is 19.1 Å². The SMILES string of the molecule is Cl.N[C@@H]1CCCN(S(=O)(=O)c2cccc(F)c2)C1. The molecule has 1 aromatic carbocycles. The second-order valence-electron chi connectivity index (χ2n) is 4.22. The van der Waals surface area contributed by atoms with E-state index in [4.69, 9.17) is 5.73 Å². The van der Waals surface area contributed by atoms with Crippen molar-refractivity contribution >= 4 is 22.4 Å². The van der Waals surface area contributed by atoms with Gasteiger partial charge in [0.25, 0.3) is 0 Å². The Labute approximate surface area is 112 Å². The van der Waals surface area contributed by atoms with Gasteiger partial charge in [-0.2, -0.15) is 4.31 Å². The number of nitrogens with zero attached hydrogens (tertiary/aromatic N) is 1. The molecule has 0 bridgehead atoms. The van der Waals surface area contributed by atoms with Crippen LogP contribution in [0, 0.1) is 5.82 Å². The number of piperidine rings is 1. The Morgan fingerprint density at radius 1 is 1.39 bits per heavy atom. The highest BCUT2D eigenvalue weighted by molar-refractivity contribution is 7.89. The maximum Gasteiger partial charge on any atom is 0.243 e. The third kappa shape index (κ3) is 3.20. The fourth-order valence-electron chi connectivity index (χ4n) is 1.97. The van der Waals surface area contributed by atoms with Crippen LogP contribution in [-0.4, -0.2) is 31.9 Å². The summed E-state index contributed by atoms with van der Waals surface area (Å²) in [6.45, 7) is 0.755. The highest BCUT2D eigenvalue weighted by Crippen LogP contribution is 2.20. The van der Waals surface area contributed by atoms with E-state index in [1.165, 1.54) is 22.5 Å². The summed E-state index contributed by atoms with van der Waals surface area (Å²) < 4.78 is 38.7. The fraction of sp³-hybridized carbons (Fsp3) is 0.455. The van der Waals surface area contributed by atoms with Gasteiger partial charge in [0.2, 0.25) is 10.0 Å². The monoisotopic (exact) mass is 294 g/mol. The van der Waals surface area contributed by atoms with Crippen molar-refractivity contribution in [2.45, 2.75) is 23.8 Å². The predicted molar refractivity (Wildman–Crippen MR) is 69.6 cm³/mol. The maximum absolute atomic E-state index is 13.0. The Bertz CT molecular complexity index is 510. The van der Waals surface area contributed by atoms with E-state index in [1.807, 2.05) is 0 Å². The molecule has 1 saturated heterocycles. The van der Waals surface area contributed by atoms with Gasteiger partial charge in [0.15, 0.2) is 0 Å².